The first-order valence-electron chi connectivity index (χ1n) is 9.12. The molecular formula is C24H20O5. The Morgan fingerprint density at radius 1 is 0.897 bits per heavy atom. The molecule has 146 valence electrons. The Labute approximate surface area is 167 Å². The molecule has 0 amide bonds. The molecule has 1 atom stereocenters. The SMILES string of the molecule is Cc1ccc(C(=O)CC(C(=O)O)C(=Cc2cccc3ccccc23)C(=O)O)cc1. The van der Waals surface area contributed by atoms with Crippen molar-refractivity contribution in [1.29, 1.82) is 0 Å². The quantitative estimate of drug-likeness (QED) is 0.456. The van der Waals surface area contributed by atoms with Gasteiger partial charge in [-0.2, -0.15) is 0 Å². The summed E-state index contributed by atoms with van der Waals surface area (Å²) in [7, 11) is 0. The number of aliphatic carboxylic acids is 2. The van der Waals surface area contributed by atoms with Gasteiger partial charge >= 0.3 is 11.9 Å². The molecule has 0 aliphatic heterocycles. The third-order valence-electron chi connectivity index (χ3n) is 4.82. The zero-order valence-corrected chi connectivity index (χ0v) is 15.8. The molecule has 5 nitrogen and oxygen atoms in total. The highest BCUT2D eigenvalue weighted by Gasteiger charge is 2.30. The lowest BCUT2D eigenvalue weighted by Gasteiger charge is -2.14. The van der Waals surface area contributed by atoms with Gasteiger partial charge in [0.25, 0.3) is 0 Å². The van der Waals surface area contributed by atoms with Gasteiger partial charge < -0.3 is 10.2 Å². The number of carbonyl (C=O) groups is 3. The summed E-state index contributed by atoms with van der Waals surface area (Å²) < 4.78 is 0. The first-order valence-corrected chi connectivity index (χ1v) is 9.12. The van der Waals surface area contributed by atoms with Crippen molar-refractivity contribution >= 4 is 34.6 Å². The molecule has 3 rings (SSSR count). The maximum absolute atomic E-state index is 12.6. The van der Waals surface area contributed by atoms with E-state index in [4.69, 9.17) is 0 Å². The van der Waals surface area contributed by atoms with Crippen LogP contribution in [0.3, 0.4) is 0 Å². The van der Waals surface area contributed by atoms with Gasteiger partial charge in [-0.05, 0) is 29.3 Å². The second-order valence-corrected chi connectivity index (χ2v) is 6.86. The number of carboxylic acid groups (broad SMARTS) is 2. The molecule has 0 radical (unpaired) electrons. The summed E-state index contributed by atoms with van der Waals surface area (Å²) in [6.07, 6.45) is 0.924. The van der Waals surface area contributed by atoms with Gasteiger partial charge in [0.05, 0.1) is 11.5 Å². The Hall–Kier alpha value is -3.73. The van der Waals surface area contributed by atoms with E-state index in [9.17, 15) is 24.6 Å². The number of aryl methyl sites for hydroxylation is 1. The number of hydrogen-bond donors (Lipinski definition) is 2. The van der Waals surface area contributed by atoms with Crippen LogP contribution in [0, 0.1) is 12.8 Å². The summed E-state index contributed by atoms with van der Waals surface area (Å²) >= 11 is 0. The number of carbonyl (C=O) groups excluding carboxylic acids is 1. The molecule has 0 saturated carbocycles. The fourth-order valence-electron chi connectivity index (χ4n) is 3.23. The van der Waals surface area contributed by atoms with E-state index in [1.54, 1.807) is 36.4 Å². The predicted octanol–water partition coefficient (Wildman–Crippen LogP) is 4.59. The predicted molar refractivity (Wildman–Crippen MR) is 111 cm³/mol. The van der Waals surface area contributed by atoms with E-state index in [2.05, 4.69) is 0 Å². The highest BCUT2D eigenvalue weighted by molar-refractivity contribution is 6.05. The molecule has 1 unspecified atom stereocenters. The monoisotopic (exact) mass is 388 g/mol. The topological polar surface area (TPSA) is 91.7 Å². The van der Waals surface area contributed by atoms with Gasteiger partial charge in [0.2, 0.25) is 0 Å². The number of hydrogen-bond acceptors (Lipinski definition) is 3. The second-order valence-electron chi connectivity index (χ2n) is 6.86. The van der Waals surface area contributed by atoms with E-state index in [0.29, 0.717) is 11.1 Å². The van der Waals surface area contributed by atoms with Crippen molar-refractivity contribution in [2.75, 3.05) is 0 Å². The lowest BCUT2D eigenvalue weighted by Crippen LogP contribution is -2.24. The average molecular weight is 388 g/mol. The van der Waals surface area contributed by atoms with Gasteiger partial charge in [-0.15, -0.1) is 0 Å². The zero-order valence-electron chi connectivity index (χ0n) is 15.8. The van der Waals surface area contributed by atoms with Crippen LogP contribution in [0.4, 0.5) is 0 Å². The van der Waals surface area contributed by atoms with E-state index < -0.39 is 30.1 Å². The van der Waals surface area contributed by atoms with E-state index in [1.807, 2.05) is 37.3 Å². The van der Waals surface area contributed by atoms with Crippen LogP contribution in [0.2, 0.25) is 0 Å². The van der Waals surface area contributed by atoms with Crippen molar-refractivity contribution in [3.63, 3.8) is 0 Å². The number of benzene rings is 3. The Balaban J connectivity index is 2.01. The standard InChI is InChI=1S/C24H20O5/c1-15-9-11-17(12-10-15)22(25)14-21(24(28)29)20(23(26)27)13-18-7-4-6-16-5-2-3-8-19(16)18/h2-13,21H,14H2,1H3,(H,26,27)(H,28,29). The Bertz CT molecular complexity index is 1100. The van der Waals surface area contributed by atoms with Crippen LogP contribution in [0.25, 0.3) is 16.8 Å². The zero-order chi connectivity index (χ0) is 21.0. The molecule has 3 aromatic carbocycles. The fourth-order valence-corrected chi connectivity index (χ4v) is 3.23. The first-order chi connectivity index (χ1) is 13.9. The van der Waals surface area contributed by atoms with Crippen molar-refractivity contribution < 1.29 is 24.6 Å². The number of rotatable bonds is 7. The number of carboxylic acids is 2. The maximum atomic E-state index is 12.6. The summed E-state index contributed by atoms with van der Waals surface area (Å²) in [6, 6.07) is 19.6. The third-order valence-corrected chi connectivity index (χ3v) is 4.82. The molecular weight excluding hydrogens is 368 g/mol. The molecule has 0 spiro atoms. The first kappa shape index (κ1) is 20.0. The molecule has 0 heterocycles. The van der Waals surface area contributed by atoms with Crippen molar-refractivity contribution in [1.82, 2.24) is 0 Å². The molecule has 5 heteroatoms. The number of ketones is 1. The fraction of sp³-hybridized carbons (Fsp3) is 0.125. The second kappa shape index (κ2) is 8.52. The molecule has 0 aromatic heterocycles. The highest BCUT2D eigenvalue weighted by Crippen LogP contribution is 2.26. The van der Waals surface area contributed by atoms with Crippen molar-refractivity contribution in [2.45, 2.75) is 13.3 Å². The van der Waals surface area contributed by atoms with E-state index in [0.717, 1.165) is 16.3 Å². The molecule has 0 fully saturated rings. The Kier molecular flexibility index (Phi) is 5.88. The Morgan fingerprint density at radius 3 is 2.21 bits per heavy atom. The minimum absolute atomic E-state index is 0.325. The summed E-state index contributed by atoms with van der Waals surface area (Å²) in [4.78, 5) is 36.3. The van der Waals surface area contributed by atoms with Gasteiger partial charge in [0.15, 0.2) is 5.78 Å². The molecule has 0 aliphatic carbocycles. The van der Waals surface area contributed by atoms with Crippen molar-refractivity contribution in [3.8, 4) is 0 Å². The van der Waals surface area contributed by atoms with Gasteiger partial charge in [-0.3, -0.25) is 9.59 Å². The van der Waals surface area contributed by atoms with Crippen LogP contribution in [0.5, 0.6) is 0 Å². The summed E-state index contributed by atoms with van der Waals surface area (Å²) in [5.74, 6) is -4.58. The minimum Gasteiger partial charge on any atom is -0.481 e. The van der Waals surface area contributed by atoms with Crippen LogP contribution in [0.15, 0.2) is 72.3 Å². The summed E-state index contributed by atoms with van der Waals surface area (Å²) in [5, 5.41) is 21.1. The van der Waals surface area contributed by atoms with Crippen LogP contribution in [-0.4, -0.2) is 27.9 Å². The van der Waals surface area contributed by atoms with Gasteiger partial charge in [-0.1, -0.05) is 72.3 Å². The summed E-state index contributed by atoms with van der Waals surface area (Å²) in [5.41, 5.74) is 1.60. The molecule has 3 aromatic rings. The van der Waals surface area contributed by atoms with Crippen molar-refractivity contribution in [3.05, 3.63) is 89.0 Å². The van der Waals surface area contributed by atoms with Crippen LogP contribution in [0.1, 0.15) is 27.9 Å². The molecule has 0 bridgehead atoms. The smallest absolute Gasteiger partial charge is 0.332 e. The Morgan fingerprint density at radius 2 is 1.55 bits per heavy atom. The molecule has 0 saturated heterocycles. The van der Waals surface area contributed by atoms with E-state index in [-0.39, 0.29) is 5.57 Å². The van der Waals surface area contributed by atoms with E-state index in [1.165, 1.54) is 6.08 Å². The van der Waals surface area contributed by atoms with Gasteiger partial charge in [-0.25, -0.2) is 4.79 Å². The average Bonchev–Trinajstić information content (AvgIpc) is 2.70. The highest BCUT2D eigenvalue weighted by atomic mass is 16.4. The molecule has 0 aliphatic rings. The third kappa shape index (κ3) is 4.58. The molecule has 29 heavy (non-hydrogen) atoms. The largest absolute Gasteiger partial charge is 0.481 e. The lowest BCUT2D eigenvalue weighted by molar-refractivity contribution is -0.143. The van der Waals surface area contributed by atoms with Gasteiger partial charge in [0, 0.05) is 12.0 Å². The van der Waals surface area contributed by atoms with Crippen molar-refractivity contribution in [2.24, 2.45) is 5.92 Å². The number of Topliss-reactive ketones (excluding diaryl/α,β-unsaturated/α-hetero) is 1. The molecule has 2 N–H and O–H groups in total. The van der Waals surface area contributed by atoms with Gasteiger partial charge in [0.1, 0.15) is 0 Å². The minimum atomic E-state index is -1.46. The van der Waals surface area contributed by atoms with Crippen LogP contribution < -0.4 is 0 Å². The summed E-state index contributed by atoms with van der Waals surface area (Å²) in [6.45, 7) is 1.88. The maximum Gasteiger partial charge on any atom is 0.332 e. The number of fused-ring (bicyclic) bond motifs is 1. The normalized spacial score (nSPS) is 12.5. The van der Waals surface area contributed by atoms with Crippen LogP contribution >= 0.6 is 0 Å². The van der Waals surface area contributed by atoms with E-state index >= 15 is 0 Å². The lowest BCUT2D eigenvalue weighted by atomic mass is 9.89. The van der Waals surface area contributed by atoms with Crippen LogP contribution in [-0.2, 0) is 9.59 Å².